The summed E-state index contributed by atoms with van der Waals surface area (Å²) in [5, 5.41) is 15.1. The molecular formula is C23H32ClN5O3. The second-order valence-electron chi connectivity index (χ2n) is 9.33. The average Bonchev–Trinajstić information content (AvgIpc) is 3.47. The van der Waals surface area contributed by atoms with Crippen molar-refractivity contribution in [1.29, 1.82) is 0 Å². The zero-order chi connectivity index (χ0) is 22.9. The Morgan fingerprint density at radius 2 is 1.84 bits per heavy atom. The number of carboxylic acids is 1. The summed E-state index contributed by atoms with van der Waals surface area (Å²) in [5.74, 6) is -1.05. The van der Waals surface area contributed by atoms with Crippen molar-refractivity contribution in [1.82, 2.24) is 14.8 Å². The van der Waals surface area contributed by atoms with Crippen LogP contribution in [0.25, 0.3) is 0 Å². The fourth-order valence-electron chi connectivity index (χ4n) is 4.79. The molecule has 8 nitrogen and oxygen atoms in total. The number of benzene rings is 1. The molecule has 0 atom stereocenters. The number of likely N-dealkylation sites (tertiary alicyclic amines) is 1. The molecule has 1 aromatic carbocycles. The molecule has 0 aromatic heterocycles. The second-order valence-corrected chi connectivity index (χ2v) is 9.73. The minimum Gasteiger partial charge on any atom is -0.477 e. The van der Waals surface area contributed by atoms with Crippen LogP contribution < -0.4 is 4.90 Å². The summed E-state index contributed by atoms with van der Waals surface area (Å²) in [5.41, 5.74) is 2.40. The van der Waals surface area contributed by atoms with Gasteiger partial charge in [0.2, 0.25) is 0 Å². The zero-order valence-electron chi connectivity index (χ0n) is 18.9. The van der Waals surface area contributed by atoms with E-state index >= 15 is 0 Å². The topological polar surface area (TPSA) is 79.7 Å². The van der Waals surface area contributed by atoms with Crippen LogP contribution in [0.5, 0.6) is 0 Å². The molecule has 0 aliphatic carbocycles. The van der Waals surface area contributed by atoms with Crippen LogP contribution >= 0.6 is 11.6 Å². The van der Waals surface area contributed by atoms with Crippen molar-refractivity contribution in [2.75, 3.05) is 44.7 Å². The van der Waals surface area contributed by atoms with E-state index in [1.54, 1.807) is 4.90 Å². The fraction of sp³-hybridized carbons (Fsp3) is 0.609. The molecule has 2 fully saturated rings. The molecule has 3 heterocycles. The van der Waals surface area contributed by atoms with E-state index in [1.165, 1.54) is 23.4 Å². The fourth-order valence-corrected chi connectivity index (χ4v) is 5.03. The van der Waals surface area contributed by atoms with Gasteiger partial charge in [0.15, 0.2) is 0 Å². The van der Waals surface area contributed by atoms with E-state index in [-0.39, 0.29) is 17.3 Å². The standard InChI is InChI=1S/C23H32ClN5O3/c1-23(8-13-28(14-9-23)22(32)29-12-7-19(25-29)21(30)31)26(2)16-17-5-6-18(24)20(15-17)27-10-3-4-11-27/h5-6,15H,3-4,7-14,16H2,1-2H3,(H,30,31). The molecule has 4 rings (SSSR count). The Bertz CT molecular complexity index is 907. The van der Waals surface area contributed by atoms with Gasteiger partial charge in [0.25, 0.3) is 0 Å². The van der Waals surface area contributed by atoms with Gasteiger partial charge in [-0.3, -0.25) is 4.90 Å². The zero-order valence-corrected chi connectivity index (χ0v) is 19.6. The van der Waals surface area contributed by atoms with Crippen LogP contribution in [0.4, 0.5) is 10.5 Å². The molecule has 0 saturated carbocycles. The molecule has 0 unspecified atom stereocenters. The summed E-state index contributed by atoms with van der Waals surface area (Å²) in [6, 6.07) is 6.13. The van der Waals surface area contributed by atoms with E-state index in [2.05, 4.69) is 41.0 Å². The number of nitrogens with zero attached hydrogens (tertiary/aromatic N) is 5. The number of amides is 2. The summed E-state index contributed by atoms with van der Waals surface area (Å²) in [4.78, 5) is 30.4. The van der Waals surface area contributed by atoms with Crippen molar-refractivity contribution < 1.29 is 14.7 Å². The molecule has 0 radical (unpaired) electrons. The number of aliphatic carboxylic acids is 1. The Morgan fingerprint density at radius 1 is 1.16 bits per heavy atom. The monoisotopic (exact) mass is 461 g/mol. The lowest BCUT2D eigenvalue weighted by atomic mass is 9.87. The number of urea groups is 1. The van der Waals surface area contributed by atoms with Gasteiger partial charge in [0.05, 0.1) is 17.3 Å². The lowest BCUT2D eigenvalue weighted by molar-refractivity contribution is -0.129. The summed E-state index contributed by atoms with van der Waals surface area (Å²) >= 11 is 6.48. The van der Waals surface area contributed by atoms with Crippen molar-refractivity contribution in [3.63, 3.8) is 0 Å². The van der Waals surface area contributed by atoms with Gasteiger partial charge in [0.1, 0.15) is 5.71 Å². The maximum Gasteiger partial charge on any atom is 0.352 e. The van der Waals surface area contributed by atoms with Gasteiger partial charge in [-0.05, 0) is 57.4 Å². The van der Waals surface area contributed by atoms with Gasteiger partial charge in [-0.15, -0.1) is 0 Å². The maximum atomic E-state index is 12.8. The number of hydrazone groups is 1. The third kappa shape index (κ3) is 4.71. The first-order valence-corrected chi connectivity index (χ1v) is 11.8. The maximum absolute atomic E-state index is 12.8. The Balaban J connectivity index is 1.35. The Labute approximate surface area is 194 Å². The molecule has 9 heteroatoms. The van der Waals surface area contributed by atoms with Crippen LogP contribution in [0.3, 0.4) is 0 Å². The summed E-state index contributed by atoms with van der Waals surface area (Å²) < 4.78 is 0. The van der Waals surface area contributed by atoms with E-state index in [1.807, 2.05) is 6.07 Å². The van der Waals surface area contributed by atoms with Crippen molar-refractivity contribution in [2.24, 2.45) is 5.10 Å². The number of carbonyl (C=O) groups is 2. The van der Waals surface area contributed by atoms with Crippen molar-refractivity contribution >= 4 is 35.0 Å². The molecule has 1 N–H and O–H groups in total. The van der Waals surface area contributed by atoms with Crippen molar-refractivity contribution in [3.05, 3.63) is 28.8 Å². The third-order valence-corrected chi connectivity index (χ3v) is 7.50. The van der Waals surface area contributed by atoms with E-state index in [0.717, 1.165) is 43.2 Å². The van der Waals surface area contributed by atoms with Gasteiger partial charge in [-0.1, -0.05) is 17.7 Å². The highest BCUT2D eigenvalue weighted by Gasteiger charge is 2.37. The molecule has 3 aliphatic heterocycles. The highest BCUT2D eigenvalue weighted by atomic mass is 35.5. The Hall–Kier alpha value is -2.32. The third-order valence-electron chi connectivity index (χ3n) is 7.18. The normalized spacial score (nSPS) is 20.8. The van der Waals surface area contributed by atoms with Crippen LogP contribution in [0.1, 0.15) is 44.6 Å². The number of carbonyl (C=O) groups excluding carboxylic acids is 1. The molecule has 32 heavy (non-hydrogen) atoms. The SMILES string of the molecule is CN(Cc1ccc(Cl)c(N2CCCC2)c1)C1(C)CCN(C(=O)N2CCC(C(=O)O)=N2)CC1. The molecular weight excluding hydrogens is 430 g/mol. The summed E-state index contributed by atoms with van der Waals surface area (Å²) in [6.07, 6.45) is 4.44. The molecule has 3 aliphatic rings. The minimum atomic E-state index is -1.05. The Morgan fingerprint density at radius 3 is 2.47 bits per heavy atom. The first-order valence-electron chi connectivity index (χ1n) is 11.4. The lowest BCUT2D eigenvalue weighted by Gasteiger charge is -2.45. The second kappa shape index (κ2) is 9.27. The number of carboxylic acid groups (broad SMARTS) is 1. The minimum absolute atomic E-state index is 0.0231. The van der Waals surface area contributed by atoms with Gasteiger partial charge in [-0.2, -0.15) is 5.10 Å². The Kier molecular flexibility index (Phi) is 6.62. The van der Waals surface area contributed by atoms with Gasteiger partial charge < -0.3 is 14.9 Å². The molecule has 2 amide bonds. The molecule has 1 aromatic rings. The van der Waals surface area contributed by atoms with Crippen LogP contribution in [0.2, 0.25) is 5.02 Å². The predicted octanol–water partition coefficient (Wildman–Crippen LogP) is 3.49. The van der Waals surface area contributed by atoms with E-state index in [4.69, 9.17) is 16.7 Å². The van der Waals surface area contributed by atoms with Crippen LogP contribution in [-0.4, -0.2) is 82.9 Å². The molecule has 174 valence electrons. The largest absolute Gasteiger partial charge is 0.477 e. The van der Waals surface area contributed by atoms with Crippen LogP contribution in [-0.2, 0) is 11.3 Å². The number of piperidine rings is 1. The van der Waals surface area contributed by atoms with Crippen LogP contribution in [0.15, 0.2) is 23.3 Å². The quantitative estimate of drug-likeness (QED) is 0.726. The average molecular weight is 462 g/mol. The van der Waals surface area contributed by atoms with Gasteiger partial charge in [0, 0.05) is 44.7 Å². The number of hydrogen-bond acceptors (Lipinski definition) is 5. The van der Waals surface area contributed by atoms with E-state index in [9.17, 15) is 9.59 Å². The first-order chi connectivity index (χ1) is 15.3. The lowest BCUT2D eigenvalue weighted by Crippen LogP contribution is -2.54. The number of rotatable bonds is 5. The highest BCUT2D eigenvalue weighted by Crippen LogP contribution is 2.33. The van der Waals surface area contributed by atoms with Crippen molar-refractivity contribution in [2.45, 2.75) is 51.1 Å². The van der Waals surface area contributed by atoms with E-state index in [0.29, 0.717) is 26.1 Å². The van der Waals surface area contributed by atoms with Crippen molar-refractivity contribution in [3.8, 4) is 0 Å². The molecule has 2 saturated heterocycles. The number of anilines is 1. The molecule has 0 bridgehead atoms. The first kappa shape index (κ1) is 22.9. The molecule has 0 spiro atoms. The highest BCUT2D eigenvalue weighted by molar-refractivity contribution is 6.36. The summed E-state index contributed by atoms with van der Waals surface area (Å²) in [6.45, 7) is 6.81. The van der Waals surface area contributed by atoms with Crippen LogP contribution in [0, 0.1) is 0 Å². The predicted molar refractivity (Wildman–Crippen MR) is 125 cm³/mol. The van der Waals surface area contributed by atoms with E-state index < -0.39 is 5.97 Å². The van der Waals surface area contributed by atoms with Gasteiger partial charge >= 0.3 is 12.0 Å². The number of halogens is 1. The van der Waals surface area contributed by atoms with Gasteiger partial charge in [-0.25, -0.2) is 14.6 Å². The summed E-state index contributed by atoms with van der Waals surface area (Å²) in [7, 11) is 2.14. The smallest absolute Gasteiger partial charge is 0.352 e. The number of hydrogen-bond donors (Lipinski definition) is 1.